The van der Waals surface area contributed by atoms with Gasteiger partial charge in [0.2, 0.25) is 0 Å². The lowest BCUT2D eigenvalue weighted by atomic mass is 9.77. The molecular formula is C18H19NO4. The molecule has 2 unspecified atom stereocenters. The molecular weight excluding hydrogens is 294 g/mol. The fourth-order valence-corrected chi connectivity index (χ4v) is 2.91. The Hall–Kier alpha value is -2.32. The van der Waals surface area contributed by atoms with Gasteiger partial charge in [0, 0.05) is 24.5 Å². The number of ketones is 1. The van der Waals surface area contributed by atoms with Crippen molar-refractivity contribution in [1.29, 1.82) is 5.26 Å². The summed E-state index contributed by atoms with van der Waals surface area (Å²) < 4.78 is 11.9. The van der Waals surface area contributed by atoms with Gasteiger partial charge in [-0.3, -0.25) is 4.79 Å². The zero-order chi connectivity index (χ0) is 16.8. The van der Waals surface area contributed by atoms with Crippen molar-refractivity contribution in [1.82, 2.24) is 0 Å². The smallest absolute Gasteiger partial charge is 0.159 e. The number of hydrogen-bond donors (Lipinski definition) is 1. The minimum atomic E-state index is -1.33. The lowest BCUT2D eigenvalue weighted by Gasteiger charge is -2.49. The van der Waals surface area contributed by atoms with Gasteiger partial charge in [-0.15, -0.1) is 0 Å². The minimum absolute atomic E-state index is 0.0250. The number of carbonyl (C=O) groups is 1. The van der Waals surface area contributed by atoms with Crippen LogP contribution >= 0.6 is 0 Å². The second-order valence-corrected chi connectivity index (χ2v) is 6.70. The molecule has 0 amide bonds. The predicted octanol–water partition coefficient (Wildman–Crippen LogP) is 2.78. The molecule has 1 aromatic carbocycles. The van der Waals surface area contributed by atoms with Crippen molar-refractivity contribution in [3.05, 3.63) is 41.2 Å². The first-order chi connectivity index (χ1) is 10.7. The number of fused-ring (bicyclic) bond motifs is 1. The first-order valence-corrected chi connectivity index (χ1v) is 7.60. The topological polar surface area (TPSA) is 79.5 Å². The highest BCUT2D eigenvalue weighted by Crippen LogP contribution is 2.49. The zero-order valence-electron chi connectivity index (χ0n) is 13.4. The van der Waals surface area contributed by atoms with E-state index in [1.54, 1.807) is 39.0 Å². The van der Waals surface area contributed by atoms with Crippen LogP contribution in [-0.4, -0.2) is 22.1 Å². The standard InChI is InChI=1S/C18H19NO4/c1-17(2)18(3,21)16(22-13-6-5-12(20)9-13)14-8-11(10-19)4-7-15(14)23-17/h4,7-9,16,21H,5-6H2,1-3H3. The van der Waals surface area contributed by atoms with E-state index in [0.29, 0.717) is 35.5 Å². The van der Waals surface area contributed by atoms with Gasteiger partial charge in [0.15, 0.2) is 11.9 Å². The highest BCUT2D eigenvalue weighted by molar-refractivity contribution is 5.92. The van der Waals surface area contributed by atoms with Crippen LogP contribution in [0.25, 0.3) is 0 Å². The monoisotopic (exact) mass is 313 g/mol. The summed E-state index contributed by atoms with van der Waals surface area (Å²) in [5.41, 5.74) is -1.13. The average molecular weight is 313 g/mol. The molecule has 0 bridgehead atoms. The summed E-state index contributed by atoms with van der Waals surface area (Å²) in [6.45, 7) is 5.23. The average Bonchev–Trinajstić information content (AvgIpc) is 2.89. The van der Waals surface area contributed by atoms with Crippen LogP contribution in [0.3, 0.4) is 0 Å². The van der Waals surface area contributed by atoms with E-state index in [1.165, 1.54) is 6.08 Å². The van der Waals surface area contributed by atoms with Crippen LogP contribution in [0.1, 0.15) is 50.8 Å². The number of nitrogens with zero attached hydrogens (tertiary/aromatic N) is 1. The Bertz CT molecular complexity index is 740. The highest BCUT2D eigenvalue weighted by atomic mass is 16.6. The first-order valence-electron chi connectivity index (χ1n) is 7.60. The van der Waals surface area contributed by atoms with Crippen LogP contribution in [0.2, 0.25) is 0 Å². The van der Waals surface area contributed by atoms with Crippen molar-refractivity contribution in [2.45, 2.75) is 50.9 Å². The Morgan fingerprint density at radius 1 is 1.35 bits per heavy atom. The Morgan fingerprint density at radius 3 is 2.70 bits per heavy atom. The van der Waals surface area contributed by atoms with Crippen LogP contribution < -0.4 is 4.74 Å². The molecule has 1 aromatic rings. The fourth-order valence-electron chi connectivity index (χ4n) is 2.91. The van der Waals surface area contributed by atoms with E-state index >= 15 is 0 Å². The molecule has 120 valence electrons. The molecule has 0 spiro atoms. The summed E-state index contributed by atoms with van der Waals surface area (Å²) >= 11 is 0. The molecule has 1 aliphatic heterocycles. The van der Waals surface area contributed by atoms with E-state index < -0.39 is 17.3 Å². The van der Waals surface area contributed by atoms with Crippen LogP contribution in [-0.2, 0) is 9.53 Å². The second kappa shape index (κ2) is 5.10. The van der Waals surface area contributed by atoms with Crippen LogP contribution in [0.4, 0.5) is 0 Å². The van der Waals surface area contributed by atoms with Gasteiger partial charge in [0.25, 0.3) is 0 Å². The van der Waals surface area contributed by atoms with Gasteiger partial charge in [-0.2, -0.15) is 5.26 Å². The van der Waals surface area contributed by atoms with Crippen molar-refractivity contribution < 1.29 is 19.4 Å². The molecule has 1 N–H and O–H groups in total. The van der Waals surface area contributed by atoms with Crippen LogP contribution in [0.5, 0.6) is 5.75 Å². The van der Waals surface area contributed by atoms with Gasteiger partial charge >= 0.3 is 0 Å². The third-order valence-corrected chi connectivity index (χ3v) is 4.72. The Balaban J connectivity index is 2.08. The van der Waals surface area contributed by atoms with E-state index in [1.807, 2.05) is 0 Å². The molecule has 1 aliphatic carbocycles. The van der Waals surface area contributed by atoms with Gasteiger partial charge in [0.05, 0.1) is 11.6 Å². The summed E-state index contributed by atoms with van der Waals surface area (Å²) in [6.07, 6.45) is 1.72. The van der Waals surface area contributed by atoms with Gasteiger partial charge in [-0.25, -0.2) is 0 Å². The minimum Gasteiger partial charge on any atom is -0.487 e. The van der Waals surface area contributed by atoms with Crippen molar-refractivity contribution >= 4 is 5.78 Å². The Morgan fingerprint density at radius 2 is 2.09 bits per heavy atom. The van der Waals surface area contributed by atoms with Crippen LogP contribution in [0, 0.1) is 11.3 Å². The normalized spacial score (nSPS) is 28.4. The molecule has 23 heavy (non-hydrogen) atoms. The third-order valence-electron chi connectivity index (χ3n) is 4.72. The lowest BCUT2D eigenvalue weighted by Crippen LogP contribution is -2.58. The number of aliphatic hydroxyl groups is 1. The highest BCUT2D eigenvalue weighted by Gasteiger charge is 2.54. The van der Waals surface area contributed by atoms with E-state index in [2.05, 4.69) is 6.07 Å². The molecule has 5 nitrogen and oxygen atoms in total. The molecule has 2 aliphatic rings. The van der Waals surface area contributed by atoms with Crippen molar-refractivity contribution in [2.24, 2.45) is 0 Å². The Labute approximate surface area is 135 Å². The first kappa shape index (κ1) is 15.6. The maximum Gasteiger partial charge on any atom is 0.159 e. The summed E-state index contributed by atoms with van der Waals surface area (Å²) in [4.78, 5) is 11.4. The van der Waals surface area contributed by atoms with Crippen molar-refractivity contribution in [3.63, 3.8) is 0 Å². The molecule has 0 saturated carbocycles. The van der Waals surface area contributed by atoms with Gasteiger partial charge in [-0.05, 0) is 39.0 Å². The second-order valence-electron chi connectivity index (χ2n) is 6.70. The molecule has 0 saturated heterocycles. The van der Waals surface area contributed by atoms with Crippen LogP contribution in [0.15, 0.2) is 30.0 Å². The van der Waals surface area contributed by atoms with E-state index in [-0.39, 0.29) is 5.78 Å². The number of hydrogen-bond acceptors (Lipinski definition) is 5. The largest absolute Gasteiger partial charge is 0.487 e. The van der Waals surface area contributed by atoms with E-state index in [4.69, 9.17) is 14.7 Å². The Kier molecular flexibility index (Phi) is 3.46. The van der Waals surface area contributed by atoms with E-state index in [0.717, 1.165) is 0 Å². The SMILES string of the molecule is CC1(C)Oc2ccc(C#N)cc2C(OC2=CC(=O)CC2)C1(C)O. The number of rotatable bonds is 2. The maximum absolute atomic E-state index is 11.4. The van der Waals surface area contributed by atoms with Gasteiger partial charge < -0.3 is 14.6 Å². The molecule has 0 radical (unpaired) electrons. The molecule has 5 heteroatoms. The number of nitriles is 1. The zero-order valence-corrected chi connectivity index (χ0v) is 13.4. The maximum atomic E-state index is 11.4. The quantitative estimate of drug-likeness (QED) is 0.908. The predicted molar refractivity (Wildman–Crippen MR) is 82.6 cm³/mol. The number of ether oxygens (including phenoxy) is 2. The molecule has 1 heterocycles. The molecule has 0 fully saturated rings. The molecule has 0 aromatic heterocycles. The lowest BCUT2D eigenvalue weighted by molar-refractivity contribution is -0.188. The summed E-state index contributed by atoms with van der Waals surface area (Å²) in [7, 11) is 0. The van der Waals surface area contributed by atoms with Crippen molar-refractivity contribution in [3.8, 4) is 11.8 Å². The number of benzene rings is 1. The number of carbonyl (C=O) groups excluding carboxylic acids is 1. The summed E-state index contributed by atoms with van der Waals surface area (Å²) in [6, 6.07) is 7.14. The number of allylic oxidation sites excluding steroid dienone is 2. The van der Waals surface area contributed by atoms with E-state index in [9.17, 15) is 9.90 Å². The summed E-state index contributed by atoms with van der Waals surface area (Å²) in [5.74, 6) is 1.17. The van der Waals surface area contributed by atoms with Gasteiger partial charge in [0.1, 0.15) is 22.7 Å². The molecule has 2 atom stereocenters. The fraction of sp³-hybridized carbons (Fsp3) is 0.444. The van der Waals surface area contributed by atoms with Gasteiger partial charge in [-0.1, -0.05) is 0 Å². The third kappa shape index (κ3) is 2.49. The summed E-state index contributed by atoms with van der Waals surface area (Å²) in [5, 5.41) is 20.2. The van der Waals surface area contributed by atoms with Crippen molar-refractivity contribution in [2.75, 3.05) is 0 Å². The molecule has 3 rings (SSSR count).